The summed E-state index contributed by atoms with van der Waals surface area (Å²) in [5.41, 5.74) is 0. The molecule has 0 saturated carbocycles. The molecule has 0 aromatic rings. The van der Waals surface area contributed by atoms with Gasteiger partial charge in [-0.05, 0) is 0 Å². The van der Waals surface area contributed by atoms with Crippen molar-refractivity contribution in [3.05, 3.63) is 0 Å². The lowest BCUT2D eigenvalue weighted by molar-refractivity contribution is -0.413. The molecular weight excluding hydrogens is 2040 g/mol. The molecule has 11 saturated heterocycles. The number of amides is 7. The zero-order valence-corrected chi connectivity index (χ0v) is 80.5. The smallest absolute Gasteiger partial charge is 0.364 e. The van der Waals surface area contributed by atoms with Crippen molar-refractivity contribution in [1.82, 2.24) is 37.2 Å². The average Bonchev–Trinajstić information content (AvgIpc) is 0.759. The Kier molecular flexibility index (Phi) is 44.3. The molecule has 11 aliphatic rings. The van der Waals surface area contributed by atoms with E-state index in [9.17, 15) is 192 Å². The Balaban J connectivity index is 1.05. The molecule has 0 unspecified atom stereocenters. The third-order valence-corrected chi connectivity index (χ3v) is 26.8. The maximum atomic E-state index is 13.8. The van der Waals surface area contributed by atoms with Crippen molar-refractivity contribution in [2.45, 2.75) is 398 Å². The maximum Gasteiger partial charge on any atom is 0.364 e. The van der Waals surface area contributed by atoms with Crippen molar-refractivity contribution in [2.75, 3.05) is 72.7 Å². The van der Waals surface area contributed by atoms with Gasteiger partial charge in [0.2, 0.25) is 41.4 Å². The lowest BCUT2D eigenvalue weighted by Crippen LogP contribution is -2.72. The van der Waals surface area contributed by atoms with Gasteiger partial charge in [-0.1, -0.05) is 0 Å². The van der Waals surface area contributed by atoms with Crippen molar-refractivity contribution in [3.63, 3.8) is 0 Å². The third kappa shape index (κ3) is 27.9. The van der Waals surface area contributed by atoms with Crippen LogP contribution in [-0.4, -0.2) is 616 Å². The normalized spacial score (nSPS) is 46.2. The number of aliphatic hydroxyl groups excluding tert-OH is 29. The highest BCUT2D eigenvalue weighted by molar-refractivity contribution is 5.77. The van der Waals surface area contributed by atoms with Crippen LogP contribution >= 0.6 is 0 Å². The van der Waals surface area contributed by atoms with Gasteiger partial charge in [0, 0.05) is 54.9 Å². The first-order chi connectivity index (χ1) is 70.3. The number of carboxylic acids is 1. The second-order valence-electron chi connectivity index (χ2n) is 37.4. The summed E-state index contributed by atoms with van der Waals surface area (Å²) < 4.78 is 129. The predicted molar refractivity (Wildman–Crippen MR) is 461 cm³/mol. The number of nitrogens with one attached hydrogen (secondary N) is 7. The van der Waals surface area contributed by atoms with Crippen LogP contribution in [0.4, 0.5) is 0 Å². The molecule has 37 N–H and O–H groups in total. The minimum Gasteiger partial charge on any atom is -0.477 e. The summed E-state index contributed by atoms with van der Waals surface area (Å²) in [7, 11) is 0. The topological polar surface area (TPSA) is 1020 Å². The summed E-state index contributed by atoms with van der Waals surface area (Å²) in [6, 6.07) is -14.0. The van der Waals surface area contributed by atoms with Crippen molar-refractivity contribution in [1.29, 1.82) is 0 Å². The molecule has 66 heteroatoms. The van der Waals surface area contributed by atoms with E-state index in [1.807, 2.05) is 0 Å². The molecule has 11 rings (SSSR count). The Morgan fingerprint density at radius 1 is 0.275 bits per heavy atom. The number of carboxylic acid groups (broad SMARTS) is 1. The zero-order valence-electron chi connectivity index (χ0n) is 80.5. The molecule has 11 heterocycles. The number of aliphatic carboxylic acids is 1. The lowest BCUT2D eigenvalue weighted by atomic mass is 9.88. The number of carbonyl (C=O) groups is 8. The Labute approximate surface area is 843 Å². The predicted octanol–water partition coefficient (Wildman–Crippen LogP) is -24.8. The summed E-state index contributed by atoms with van der Waals surface area (Å²) in [5.74, 6) is -12.3. The first kappa shape index (κ1) is 123. The molecular formula is C83H137N7O59. The summed E-state index contributed by atoms with van der Waals surface area (Å²) in [6.45, 7) is -7.80. The standard InChI is InChI=1S/C83H137N7O59/c1-20(100)84-39-27(107)8-83(82(127)128,149-68(39)46(109)28(108)9-91)130-19-37-51(114)58(121)60(123)78(139-37)143-64-34(15-97)137-77(45(57(64)120)90-26(7)106)148-71-61(124)66(142-73-41(86-22(3)102)52(115)47(110)29(10-92)132-73)36(17-99)138-81(71)146-69-62(125)79(144-65-35(16-98)136-76(44(56(65)119)89-25(6)105)141-63-33(14-96)131-72(126)40(55(63)118)85-21(2)101)140-38(67(69)145-74-42(87-23(4)103)53(116)48(111)30(11-93)133-74)18-129-80-70(59(122)50(113)32(13-95)135-80)147-75-43(88-24(5)104)54(117)49(112)31(12-94)134-75/h27-81,91-99,107-126H,8-19H2,1-7H3,(H,84,100)(H,85,101)(H,86,102)(H,87,103)(H,88,104)(H,89,105)(H,90,106)(H,127,128)/t27-,28+,29+,30+,31+,32+,33+,34+,35+,36+,37+,38+,39+,40+,41+,42+,43+,44+,45+,46+,47+,48+,49+,50+,51-,52+,53+,54+,55+,56-,57+,58-,59-,60+,61-,62-,63+,64+,65+,66+,67+,68+,69+,70-,71-,72+,73-,74-,75-,76-,77-,78-,79-,80-,81+,83+/m0/s1. The fourth-order valence-electron chi connectivity index (χ4n) is 19.2. The molecule has 858 valence electrons. The van der Waals surface area contributed by atoms with Gasteiger partial charge >= 0.3 is 5.97 Å². The van der Waals surface area contributed by atoms with Crippen molar-refractivity contribution in [3.8, 4) is 0 Å². The number of ether oxygens (including phenoxy) is 21. The molecule has 7 amide bonds. The Morgan fingerprint density at radius 3 is 0.953 bits per heavy atom. The van der Waals surface area contributed by atoms with Crippen LogP contribution in [0.3, 0.4) is 0 Å². The molecule has 0 aromatic heterocycles. The SMILES string of the molecule is CC(=O)N[C@@H]1[C@@H](O)[C@H](O[C@@H]2O[C@H](CO)[C@@H](O[C@@H]3O[C@H](CO[C@H]4O[C@H](CO)[C@@H](O)[C@H](O)[C@@H]4O[C@@H]4O[C@H](CO)[C@@H](O)[C@H](O)[C@H]4NC(C)=O)[C@@H](O[C@@H]4O[C@H](CO)[C@@H](O)[C@H](O)[C@H]4NC(C)=O)[C@H](O[C@H]4O[C@H](CO)[C@@H](O[C@@H]5O[C@H](CO)[C@@H](O)[C@H](O)[C@H]5NC(C)=O)[C@H](O)[C@@H]4O[C@@H]4O[C@H](CO)[C@@H](O[C@@H]5O[C@H](CO[C@]6(C(=O)O)C[C@H](O)[C@@H](NC(C)=O)[C@H]([C@H](O)[C@H](O)CO)O6)[C@H](O)[C@H](O)[C@H]5O)[C@H](O)[C@H]4NC(C)=O)[C@@H]3O)[C@@H](O)[C@H]2NC(C)=O)[C@@H](CO)O[C@H]1O. The summed E-state index contributed by atoms with van der Waals surface area (Å²) in [4.78, 5) is 104. The van der Waals surface area contributed by atoms with Crippen LogP contribution in [0.25, 0.3) is 0 Å². The Bertz CT molecular complexity index is 4300. The zero-order chi connectivity index (χ0) is 110. The molecule has 11 fully saturated rings. The van der Waals surface area contributed by atoms with Gasteiger partial charge in [-0.15, -0.1) is 0 Å². The summed E-state index contributed by atoms with van der Waals surface area (Å²) in [5, 5.41) is 359. The van der Waals surface area contributed by atoms with Crippen LogP contribution in [0.15, 0.2) is 0 Å². The Morgan fingerprint density at radius 2 is 0.564 bits per heavy atom. The van der Waals surface area contributed by atoms with Crippen LogP contribution in [-0.2, 0) is 138 Å². The van der Waals surface area contributed by atoms with E-state index >= 15 is 0 Å². The highest BCUT2D eigenvalue weighted by atomic mass is 16.8. The van der Waals surface area contributed by atoms with E-state index in [0.29, 0.717) is 0 Å². The van der Waals surface area contributed by atoms with Crippen LogP contribution in [0, 0.1) is 0 Å². The summed E-state index contributed by atoms with van der Waals surface area (Å²) in [6.07, 6.45) is -112. The van der Waals surface area contributed by atoms with Crippen molar-refractivity contribution >= 4 is 47.3 Å². The number of rotatable bonds is 41. The van der Waals surface area contributed by atoms with Gasteiger partial charge in [-0.25, -0.2) is 4.79 Å². The quantitative estimate of drug-likeness (QED) is 0.0270. The van der Waals surface area contributed by atoms with Crippen molar-refractivity contribution < 1.29 is 291 Å². The summed E-state index contributed by atoms with van der Waals surface area (Å²) >= 11 is 0. The molecule has 0 bridgehead atoms. The molecule has 0 aliphatic carbocycles. The minimum absolute atomic E-state index is 0.798. The van der Waals surface area contributed by atoms with Crippen LogP contribution in [0.2, 0.25) is 0 Å². The van der Waals surface area contributed by atoms with Gasteiger partial charge in [-0.3, -0.25) is 33.6 Å². The molecule has 66 nitrogen and oxygen atoms in total. The van der Waals surface area contributed by atoms with Crippen LogP contribution < -0.4 is 37.2 Å². The molecule has 56 atom stereocenters. The van der Waals surface area contributed by atoms with Crippen LogP contribution in [0.1, 0.15) is 54.9 Å². The van der Waals surface area contributed by atoms with E-state index in [4.69, 9.17) is 99.5 Å². The molecule has 0 radical (unpaired) electrons. The maximum absolute atomic E-state index is 13.8. The van der Waals surface area contributed by atoms with E-state index in [1.165, 1.54) is 0 Å². The van der Waals surface area contributed by atoms with Crippen LogP contribution in [0.5, 0.6) is 0 Å². The molecule has 0 aromatic carbocycles. The van der Waals surface area contributed by atoms with E-state index in [1.54, 1.807) is 0 Å². The molecule has 11 aliphatic heterocycles. The molecule has 149 heavy (non-hydrogen) atoms. The number of hydrogen-bond donors (Lipinski definition) is 37. The third-order valence-electron chi connectivity index (χ3n) is 26.8. The number of hydrogen-bond acceptors (Lipinski definition) is 58. The fraction of sp³-hybridized carbons (Fsp3) is 0.904. The fourth-order valence-corrected chi connectivity index (χ4v) is 19.2. The van der Waals surface area contributed by atoms with Gasteiger partial charge in [0.15, 0.2) is 62.9 Å². The Hall–Kier alpha value is -6.24. The van der Waals surface area contributed by atoms with Gasteiger partial charge in [0.25, 0.3) is 5.79 Å². The van der Waals surface area contributed by atoms with Gasteiger partial charge < -0.3 is 290 Å². The highest BCUT2D eigenvalue weighted by Gasteiger charge is 2.65. The largest absolute Gasteiger partial charge is 0.477 e. The second-order valence-corrected chi connectivity index (χ2v) is 37.4. The van der Waals surface area contributed by atoms with Crippen molar-refractivity contribution in [2.24, 2.45) is 0 Å². The average molecular weight is 2180 g/mol. The van der Waals surface area contributed by atoms with Gasteiger partial charge in [-0.2, -0.15) is 0 Å². The van der Waals surface area contributed by atoms with E-state index in [0.717, 1.165) is 48.5 Å². The molecule has 0 spiro atoms. The number of carbonyl (C=O) groups excluding carboxylic acids is 7. The highest BCUT2D eigenvalue weighted by Crippen LogP contribution is 2.44. The van der Waals surface area contributed by atoms with E-state index in [-0.39, 0.29) is 0 Å². The first-order valence-electron chi connectivity index (χ1n) is 47.2. The van der Waals surface area contributed by atoms with E-state index in [2.05, 4.69) is 37.2 Å². The minimum atomic E-state index is -3.19. The first-order valence-corrected chi connectivity index (χ1v) is 47.2. The van der Waals surface area contributed by atoms with Gasteiger partial charge in [0.05, 0.1) is 84.8 Å². The van der Waals surface area contributed by atoms with E-state index < -0.39 is 469 Å². The second kappa shape index (κ2) is 53.7. The monoisotopic (exact) mass is 2180 g/mol. The number of aliphatic hydroxyl groups is 29. The lowest BCUT2D eigenvalue weighted by Gasteiger charge is -2.53. The van der Waals surface area contributed by atoms with Gasteiger partial charge in [0.1, 0.15) is 262 Å².